The van der Waals surface area contributed by atoms with Gasteiger partial charge >= 0.3 is 0 Å². The van der Waals surface area contributed by atoms with Crippen molar-refractivity contribution in [2.45, 2.75) is 31.6 Å². The zero-order valence-corrected chi connectivity index (χ0v) is 12.6. The molecule has 0 spiro atoms. The maximum absolute atomic E-state index is 12.2. The van der Waals surface area contributed by atoms with Gasteiger partial charge in [-0.1, -0.05) is 11.6 Å². The normalized spacial score (nSPS) is 12.1. The molecule has 0 heterocycles. The number of nitrogen functional groups attached to an aromatic ring is 1. The Morgan fingerprint density at radius 1 is 1.42 bits per heavy atom. The van der Waals surface area contributed by atoms with E-state index in [9.17, 15) is 8.42 Å². The maximum atomic E-state index is 12.2. The van der Waals surface area contributed by atoms with Crippen molar-refractivity contribution in [3.8, 4) is 6.07 Å². The molecule has 0 fully saturated rings. The third-order valence-corrected chi connectivity index (χ3v) is 4.91. The first kappa shape index (κ1) is 15.8. The Labute approximate surface area is 119 Å². The number of hydrogen-bond donors (Lipinski definition) is 1. The molecule has 0 aliphatic heterocycles. The van der Waals surface area contributed by atoms with E-state index >= 15 is 0 Å². The van der Waals surface area contributed by atoms with Crippen molar-refractivity contribution in [2.24, 2.45) is 5.41 Å². The topological polar surface area (TPSA) is 84.0 Å². The number of benzene rings is 1. The molecule has 0 amide bonds. The van der Waals surface area contributed by atoms with Crippen LogP contribution in [0.3, 0.4) is 0 Å². The van der Waals surface area contributed by atoms with Gasteiger partial charge in [0.05, 0.1) is 27.8 Å². The summed E-state index contributed by atoms with van der Waals surface area (Å²) in [7, 11) is -3.46. The van der Waals surface area contributed by atoms with Crippen molar-refractivity contribution < 1.29 is 8.42 Å². The molecule has 0 unspecified atom stereocenters. The van der Waals surface area contributed by atoms with Crippen molar-refractivity contribution in [2.75, 3.05) is 11.5 Å². The second kappa shape index (κ2) is 5.81. The molecule has 2 N–H and O–H groups in total. The van der Waals surface area contributed by atoms with Gasteiger partial charge in [0.1, 0.15) is 0 Å². The highest BCUT2D eigenvalue weighted by atomic mass is 35.5. The highest BCUT2D eigenvalue weighted by Crippen LogP contribution is 2.26. The van der Waals surface area contributed by atoms with Gasteiger partial charge in [-0.3, -0.25) is 0 Å². The summed E-state index contributed by atoms with van der Waals surface area (Å²) in [5, 5.41) is 9.22. The van der Waals surface area contributed by atoms with Crippen molar-refractivity contribution in [3.63, 3.8) is 0 Å². The zero-order valence-electron chi connectivity index (χ0n) is 11.0. The quantitative estimate of drug-likeness (QED) is 0.847. The lowest BCUT2D eigenvalue weighted by molar-refractivity contribution is 0.445. The van der Waals surface area contributed by atoms with Gasteiger partial charge in [-0.2, -0.15) is 5.26 Å². The number of anilines is 1. The number of nitrogens with two attached hydrogens (primary N) is 1. The highest BCUT2D eigenvalue weighted by Gasteiger charge is 2.21. The van der Waals surface area contributed by atoms with Crippen molar-refractivity contribution in [3.05, 3.63) is 23.2 Å². The predicted molar refractivity (Wildman–Crippen MR) is 76.5 cm³/mol. The summed E-state index contributed by atoms with van der Waals surface area (Å²) in [6.07, 6.45) is 0.929. The molecule has 1 rings (SSSR count). The van der Waals surface area contributed by atoms with Crippen LogP contribution in [0.2, 0.25) is 5.02 Å². The highest BCUT2D eigenvalue weighted by molar-refractivity contribution is 7.91. The van der Waals surface area contributed by atoms with Crippen LogP contribution in [-0.4, -0.2) is 14.2 Å². The van der Waals surface area contributed by atoms with E-state index in [-0.39, 0.29) is 16.3 Å². The van der Waals surface area contributed by atoms with Gasteiger partial charge < -0.3 is 5.73 Å². The first-order chi connectivity index (χ1) is 8.68. The lowest BCUT2D eigenvalue weighted by Gasteiger charge is -2.14. The lowest BCUT2D eigenvalue weighted by atomic mass is 9.90. The van der Waals surface area contributed by atoms with E-state index < -0.39 is 15.3 Å². The Morgan fingerprint density at radius 2 is 2.05 bits per heavy atom. The number of rotatable bonds is 5. The van der Waals surface area contributed by atoms with Crippen LogP contribution >= 0.6 is 11.6 Å². The molecule has 104 valence electrons. The SMILES string of the molecule is CC(C)(C#N)CCCS(=O)(=O)c1cc(Cl)ccc1N. The van der Waals surface area contributed by atoms with Crippen molar-refractivity contribution >= 4 is 27.1 Å². The summed E-state index contributed by atoms with van der Waals surface area (Å²) in [4.78, 5) is 0.0646. The fourth-order valence-corrected chi connectivity index (χ4v) is 3.36. The Kier molecular flexibility index (Phi) is 4.83. The van der Waals surface area contributed by atoms with Crippen LogP contribution in [-0.2, 0) is 9.84 Å². The first-order valence-electron chi connectivity index (χ1n) is 5.87. The third kappa shape index (κ3) is 4.41. The van der Waals surface area contributed by atoms with Gasteiger partial charge in [0.15, 0.2) is 9.84 Å². The minimum absolute atomic E-state index is 0.0390. The summed E-state index contributed by atoms with van der Waals surface area (Å²) >= 11 is 5.79. The van der Waals surface area contributed by atoms with Gasteiger partial charge in [-0.15, -0.1) is 0 Å². The molecule has 1 aromatic rings. The van der Waals surface area contributed by atoms with Gasteiger partial charge in [-0.05, 0) is 44.9 Å². The Hall–Kier alpha value is -1.25. The van der Waals surface area contributed by atoms with Crippen LogP contribution < -0.4 is 5.73 Å². The molecular formula is C13H17ClN2O2S. The maximum Gasteiger partial charge on any atom is 0.180 e. The van der Waals surface area contributed by atoms with Crippen LogP contribution in [0, 0.1) is 16.7 Å². The molecule has 0 saturated carbocycles. The van der Waals surface area contributed by atoms with Crippen LogP contribution in [0.4, 0.5) is 5.69 Å². The Morgan fingerprint density at radius 3 is 2.63 bits per heavy atom. The summed E-state index contributed by atoms with van der Waals surface area (Å²) in [5.41, 5.74) is 5.35. The molecule has 0 aliphatic carbocycles. The fourth-order valence-electron chi connectivity index (χ4n) is 1.65. The standard InChI is InChI=1S/C13H17ClN2O2S/c1-13(2,9-15)6-3-7-19(17,18)12-8-10(14)4-5-11(12)16/h4-5,8H,3,6-7,16H2,1-2H3. The summed E-state index contributed by atoms with van der Waals surface area (Å²) in [6.45, 7) is 3.57. The second-order valence-electron chi connectivity index (χ2n) is 5.10. The van der Waals surface area contributed by atoms with Gasteiger partial charge in [0.2, 0.25) is 0 Å². The van der Waals surface area contributed by atoms with E-state index in [2.05, 4.69) is 6.07 Å². The second-order valence-corrected chi connectivity index (χ2v) is 7.61. The Bertz CT molecular complexity index is 604. The molecule has 19 heavy (non-hydrogen) atoms. The van der Waals surface area contributed by atoms with Gasteiger partial charge in [0.25, 0.3) is 0 Å². The average Bonchev–Trinajstić information content (AvgIpc) is 2.31. The van der Waals surface area contributed by atoms with Crippen LogP contribution in [0.15, 0.2) is 23.1 Å². The lowest BCUT2D eigenvalue weighted by Crippen LogP contribution is -2.13. The van der Waals surface area contributed by atoms with E-state index in [1.54, 1.807) is 19.9 Å². The molecular weight excluding hydrogens is 284 g/mol. The van der Waals surface area contributed by atoms with E-state index in [1.165, 1.54) is 12.1 Å². The number of nitriles is 1. The molecule has 0 aliphatic rings. The Balaban J connectivity index is 2.83. The first-order valence-corrected chi connectivity index (χ1v) is 7.90. The largest absolute Gasteiger partial charge is 0.398 e. The van der Waals surface area contributed by atoms with E-state index in [1.807, 2.05) is 0 Å². The van der Waals surface area contributed by atoms with Crippen molar-refractivity contribution in [1.82, 2.24) is 0 Å². The van der Waals surface area contributed by atoms with Crippen molar-refractivity contribution in [1.29, 1.82) is 5.26 Å². The zero-order chi connectivity index (χ0) is 14.7. The van der Waals surface area contributed by atoms with Crippen LogP contribution in [0.25, 0.3) is 0 Å². The molecule has 0 bridgehead atoms. The van der Waals surface area contributed by atoms with E-state index in [0.717, 1.165) is 0 Å². The van der Waals surface area contributed by atoms with E-state index in [4.69, 9.17) is 22.6 Å². The number of hydrogen-bond acceptors (Lipinski definition) is 4. The van der Waals surface area contributed by atoms with Gasteiger partial charge in [0, 0.05) is 5.02 Å². The monoisotopic (exact) mass is 300 g/mol. The minimum atomic E-state index is -3.46. The predicted octanol–water partition coefficient (Wildman–Crippen LogP) is 3.03. The number of halogens is 1. The molecule has 6 heteroatoms. The minimum Gasteiger partial charge on any atom is -0.398 e. The molecule has 0 radical (unpaired) electrons. The van der Waals surface area contributed by atoms with Gasteiger partial charge in [-0.25, -0.2) is 8.42 Å². The molecule has 0 aromatic heterocycles. The summed E-state index contributed by atoms with van der Waals surface area (Å²) in [6, 6.07) is 6.54. The number of sulfone groups is 1. The third-order valence-electron chi connectivity index (χ3n) is 2.83. The molecule has 0 saturated heterocycles. The fraction of sp³-hybridized carbons (Fsp3) is 0.462. The summed E-state index contributed by atoms with van der Waals surface area (Å²) < 4.78 is 24.3. The van der Waals surface area contributed by atoms with E-state index in [0.29, 0.717) is 17.9 Å². The summed E-state index contributed by atoms with van der Waals surface area (Å²) in [5.74, 6) is -0.0390. The molecule has 0 atom stereocenters. The number of nitrogens with zero attached hydrogens (tertiary/aromatic N) is 1. The molecule has 4 nitrogen and oxygen atoms in total. The van der Waals surface area contributed by atoms with Crippen LogP contribution in [0.5, 0.6) is 0 Å². The van der Waals surface area contributed by atoms with Crippen LogP contribution in [0.1, 0.15) is 26.7 Å². The smallest absolute Gasteiger partial charge is 0.180 e. The average molecular weight is 301 g/mol. The molecule has 1 aromatic carbocycles.